The van der Waals surface area contributed by atoms with E-state index in [2.05, 4.69) is 25.8 Å². The third-order valence-corrected chi connectivity index (χ3v) is 6.48. The van der Waals surface area contributed by atoms with E-state index in [9.17, 15) is 4.79 Å². The van der Waals surface area contributed by atoms with Gasteiger partial charge in [-0.05, 0) is 49.6 Å². The third-order valence-electron chi connectivity index (χ3n) is 6.31. The number of hydrogen-bond acceptors (Lipinski definition) is 7. The molecule has 4 aromatic rings. The molecule has 0 saturated carbocycles. The highest BCUT2D eigenvalue weighted by atomic mass is 35.5. The average molecular weight is 492 g/mol. The molecule has 0 bridgehead atoms. The first-order chi connectivity index (χ1) is 17.0. The molecule has 0 spiro atoms. The summed E-state index contributed by atoms with van der Waals surface area (Å²) in [6.45, 7) is 6.03. The highest BCUT2D eigenvalue weighted by Crippen LogP contribution is 2.34. The van der Waals surface area contributed by atoms with Gasteiger partial charge in [0.15, 0.2) is 11.4 Å². The smallest absolute Gasteiger partial charge is 0.271 e. The van der Waals surface area contributed by atoms with Gasteiger partial charge in [-0.2, -0.15) is 4.98 Å². The monoisotopic (exact) mass is 491 g/mol. The van der Waals surface area contributed by atoms with Crippen LogP contribution in [0.25, 0.3) is 22.1 Å². The molecule has 0 amide bonds. The summed E-state index contributed by atoms with van der Waals surface area (Å²) in [6.07, 6.45) is 9.24. The fraction of sp³-hybridized carbons (Fsp3) is 0.346. The van der Waals surface area contributed by atoms with Crippen molar-refractivity contribution in [2.75, 3.05) is 42.6 Å². The standard InChI is InChI=1S/C14H12ClN3O.C12H14N2O2/c15-14-16-11-9-5-1-2-6-10(9)19-12(11)13(17-14)18-7-3-4-8-18;1-3-10-6-11(12(15)13-7-10)14-4-5-16-8-9(14)2/h1-2,5-6H,3-4,7-8H2;1,6-7,9H,4-5,8H2,2H3,(H,13,15). The fourth-order valence-electron chi connectivity index (χ4n) is 4.55. The molecule has 180 valence electrons. The van der Waals surface area contributed by atoms with Crippen molar-refractivity contribution in [1.29, 1.82) is 0 Å². The van der Waals surface area contributed by atoms with E-state index in [1.165, 1.54) is 12.8 Å². The second-order valence-electron chi connectivity index (χ2n) is 8.65. The van der Waals surface area contributed by atoms with Crippen molar-refractivity contribution >= 4 is 45.2 Å². The van der Waals surface area contributed by atoms with Gasteiger partial charge >= 0.3 is 0 Å². The van der Waals surface area contributed by atoms with Crippen molar-refractivity contribution in [2.45, 2.75) is 25.8 Å². The first kappa shape index (κ1) is 23.2. The number of para-hydroxylation sites is 1. The second kappa shape index (κ2) is 9.98. The van der Waals surface area contributed by atoms with E-state index in [1.54, 1.807) is 12.3 Å². The molecule has 0 aliphatic carbocycles. The van der Waals surface area contributed by atoms with Gasteiger partial charge in [0.1, 0.15) is 16.8 Å². The van der Waals surface area contributed by atoms with Gasteiger partial charge in [0.2, 0.25) is 5.28 Å². The minimum absolute atomic E-state index is 0.104. The lowest BCUT2D eigenvalue weighted by atomic mass is 10.2. The lowest BCUT2D eigenvalue weighted by Gasteiger charge is -2.34. The maximum atomic E-state index is 11.7. The van der Waals surface area contributed by atoms with Gasteiger partial charge in [0, 0.05) is 42.8 Å². The van der Waals surface area contributed by atoms with Gasteiger partial charge in [0.05, 0.1) is 13.2 Å². The van der Waals surface area contributed by atoms with Crippen LogP contribution < -0.4 is 15.4 Å². The van der Waals surface area contributed by atoms with Crippen LogP contribution in [0.2, 0.25) is 5.28 Å². The molecule has 2 aliphatic heterocycles. The summed E-state index contributed by atoms with van der Waals surface area (Å²) in [7, 11) is 0. The third kappa shape index (κ3) is 4.70. The van der Waals surface area contributed by atoms with Crippen molar-refractivity contribution in [3.63, 3.8) is 0 Å². The van der Waals surface area contributed by atoms with Crippen molar-refractivity contribution in [3.05, 3.63) is 57.7 Å². The Morgan fingerprint density at radius 3 is 2.77 bits per heavy atom. The van der Waals surface area contributed by atoms with Gasteiger partial charge in [-0.15, -0.1) is 6.42 Å². The molecule has 2 saturated heterocycles. The van der Waals surface area contributed by atoms with E-state index in [0.717, 1.165) is 47.5 Å². The maximum absolute atomic E-state index is 11.7. The number of rotatable bonds is 2. The van der Waals surface area contributed by atoms with Crippen molar-refractivity contribution in [1.82, 2.24) is 15.0 Å². The lowest BCUT2D eigenvalue weighted by Crippen LogP contribution is -2.45. The summed E-state index contributed by atoms with van der Waals surface area (Å²) in [4.78, 5) is 27.3. The predicted octanol–water partition coefficient (Wildman–Crippen LogP) is 4.21. The maximum Gasteiger partial charge on any atom is 0.271 e. The number of halogens is 1. The highest BCUT2D eigenvalue weighted by Gasteiger charge is 2.22. The topological polar surface area (TPSA) is 87.5 Å². The second-order valence-corrected chi connectivity index (χ2v) is 8.99. The Balaban J connectivity index is 0.000000148. The van der Waals surface area contributed by atoms with Gasteiger partial charge < -0.3 is 23.9 Å². The Labute approximate surface area is 207 Å². The first-order valence-corrected chi connectivity index (χ1v) is 12.1. The molecule has 9 heteroatoms. The summed E-state index contributed by atoms with van der Waals surface area (Å²) in [5, 5.41) is 1.27. The summed E-state index contributed by atoms with van der Waals surface area (Å²) in [6, 6.07) is 9.82. The van der Waals surface area contributed by atoms with Crippen LogP contribution in [0.3, 0.4) is 0 Å². The fourth-order valence-corrected chi connectivity index (χ4v) is 4.71. The number of anilines is 2. The van der Waals surface area contributed by atoms with E-state index in [0.29, 0.717) is 24.5 Å². The molecule has 8 nitrogen and oxygen atoms in total. The molecule has 3 aromatic heterocycles. The summed E-state index contributed by atoms with van der Waals surface area (Å²) >= 11 is 6.07. The molecule has 0 radical (unpaired) electrons. The van der Waals surface area contributed by atoms with Crippen LogP contribution in [0, 0.1) is 12.3 Å². The number of ether oxygens (including phenoxy) is 1. The summed E-state index contributed by atoms with van der Waals surface area (Å²) < 4.78 is 11.3. The summed E-state index contributed by atoms with van der Waals surface area (Å²) in [5.74, 6) is 3.34. The molecular weight excluding hydrogens is 466 g/mol. The number of terminal acetylenes is 1. The predicted molar refractivity (Wildman–Crippen MR) is 138 cm³/mol. The van der Waals surface area contributed by atoms with Crippen LogP contribution >= 0.6 is 11.6 Å². The summed E-state index contributed by atoms with van der Waals surface area (Å²) in [5.41, 5.74) is 3.59. The highest BCUT2D eigenvalue weighted by molar-refractivity contribution is 6.29. The number of benzene rings is 1. The Morgan fingerprint density at radius 2 is 2.00 bits per heavy atom. The average Bonchev–Trinajstić information content (AvgIpc) is 3.53. The van der Waals surface area contributed by atoms with E-state index < -0.39 is 0 Å². The quantitative estimate of drug-likeness (QED) is 0.332. The van der Waals surface area contributed by atoms with E-state index in [4.69, 9.17) is 27.2 Å². The molecule has 2 fully saturated rings. The zero-order valence-electron chi connectivity index (χ0n) is 19.5. The Bertz CT molecular complexity index is 1450. The number of nitrogens with zero attached hydrogens (tertiary/aromatic N) is 4. The van der Waals surface area contributed by atoms with Crippen LogP contribution in [-0.4, -0.2) is 53.8 Å². The van der Waals surface area contributed by atoms with E-state index >= 15 is 0 Å². The number of furan rings is 1. The number of aromatic nitrogens is 3. The Hall–Kier alpha value is -3.54. The zero-order valence-corrected chi connectivity index (χ0v) is 20.2. The van der Waals surface area contributed by atoms with Crippen LogP contribution in [0.1, 0.15) is 25.3 Å². The largest absolute Gasteiger partial charge is 0.450 e. The van der Waals surface area contributed by atoms with Crippen LogP contribution in [0.5, 0.6) is 0 Å². The number of aromatic amines is 1. The lowest BCUT2D eigenvalue weighted by molar-refractivity contribution is 0.0988. The van der Waals surface area contributed by atoms with E-state index in [-0.39, 0.29) is 16.9 Å². The Morgan fingerprint density at radius 1 is 1.20 bits per heavy atom. The Kier molecular flexibility index (Phi) is 6.62. The number of H-pyrrole nitrogens is 1. The minimum atomic E-state index is -0.104. The number of hydrogen-bond donors (Lipinski definition) is 1. The van der Waals surface area contributed by atoms with Crippen molar-refractivity contribution < 1.29 is 9.15 Å². The van der Waals surface area contributed by atoms with Gasteiger partial charge in [-0.1, -0.05) is 18.1 Å². The molecule has 1 aromatic carbocycles. The molecule has 5 heterocycles. The zero-order chi connectivity index (χ0) is 24.4. The SMILES string of the molecule is C#Cc1c[nH]c(=O)c(N2CCOCC2C)c1.Clc1nc(N2CCCC2)c2oc3ccccc3c2n1. The van der Waals surface area contributed by atoms with Gasteiger partial charge in [-0.3, -0.25) is 4.79 Å². The number of pyridine rings is 1. The molecule has 1 N–H and O–H groups in total. The molecule has 35 heavy (non-hydrogen) atoms. The molecule has 6 rings (SSSR count). The first-order valence-electron chi connectivity index (χ1n) is 11.7. The van der Waals surface area contributed by atoms with Gasteiger partial charge in [-0.25, -0.2) is 4.98 Å². The molecular formula is C26H26ClN5O3. The van der Waals surface area contributed by atoms with Crippen LogP contribution in [-0.2, 0) is 4.74 Å². The van der Waals surface area contributed by atoms with Crippen LogP contribution in [0.4, 0.5) is 11.5 Å². The van der Waals surface area contributed by atoms with Crippen LogP contribution in [0.15, 0.2) is 45.7 Å². The van der Waals surface area contributed by atoms with Crippen molar-refractivity contribution in [3.8, 4) is 12.3 Å². The van der Waals surface area contributed by atoms with Gasteiger partial charge in [0.25, 0.3) is 5.56 Å². The number of fused-ring (bicyclic) bond motifs is 3. The normalized spacial score (nSPS) is 17.9. The number of morpholine rings is 1. The molecule has 1 unspecified atom stereocenters. The minimum Gasteiger partial charge on any atom is -0.450 e. The van der Waals surface area contributed by atoms with E-state index in [1.807, 2.05) is 36.1 Å². The van der Waals surface area contributed by atoms with Crippen molar-refractivity contribution in [2.24, 2.45) is 0 Å². The molecule has 1 atom stereocenters. The number of nitrogens with one attached hydrogen (secondary N) is 1. The molecule has 2 aliphatic rings.